The molecule has 2 amide bonds. The topological polar surface area (TPSA) is 117 Å². The van der Waals surface area contributed by atoms with Crippen LogP contribution in [0, 0.1) is 0 Å². The van der Waals surface area contributed by atoms with Gasteiger partial charge in [-0.25, -0.2) is 13.8 Å². The number of benzene rings is 2. The number of carbonyl (C=O) groups is 2. The third kappa shape index (κ3) is 5.89. The molecular formula is C32H29F2N5O4. The number of alkyl halides is 2. The number of anilines is 3. The lowest BCUT2D eigenvalue weighted by Crippen LogP contribution is -2.58. The van der Waals surface area contributed by atoms with E-state index in [1.165, 1.54) is 41.3 Å². The highest BCUT2D eigenvalue weighted by atomic mass is 19.3. The Morgan fingerprint density at radius 3 is 2.37 bits per heavy atom. The predicted octanol–water partition coefficient (Wildman–Crippen LogP) is 4.90. The Hall–Kier alpha value is -4.90. The van der Waals surface area contributed by atoms with Crippen molar-refractivity contribution in [1.29, 1.82) is 0 Å². The van der Waals surface area contributed by atoms with Gasteiger partial charge in [0.05, 0.1) is 25.3 Å². The van der Waals surface area contributed by atoms with Crippen LogP contribution in [0.4, 0.5) is 26.0 Å². The van der Waals surface area contributed by atoms with Gasteiger partial charge in [-0.3, -0.25) is 14.4 Å². The lowest BCUT2D eigenvalue weighted by atomic mass is 9.99. The molecule has 3 heterocycles. The molecule has 0 unspecified atom stereocenters. The van der Waals surface area contributed by atoms with E-state index in [2.05, 4.69) is 15.6 Å². The zero-order valence-corrected chi connectivity index (χ0v) is 23.3. The summed E-state index contributed by atoms with van der Waals surface area (Å²) in [6.45, 7) is -1.61. The number of rotatable bonds is 8. The Bertz CT molecular complexity index is 1760. The number of aryl methyl sites for hydroxylation is 1. The van der Waals surface area contributed by atoms with E-state index in [-0.39, 0.29) is 35.1 Å². The van der Waals surface area contributed by atoms with Crippen LogP contribution in [0.5, 0.6) is 0 Å². The minimum atomic E-state index is -2.86. The number of aliphatic hydroxyl groups is 1. The van der Waals surface area contributed by atoms with Gasteiger partial charge in [0.25, 0.3) is 23.3 Å². The summed E-state index contributed by atoms with van der Waals surface area (Å²) in [7, 11) is 1.59. The van der Waals surface area contributed by atoms with E-state index in [4.69, 9.17) is 0 Å². The Morgan fingerprint density at radius 2 is 1.74 bits per heavy atom. The zero-order chi connectivity index (χ0) is 30.3. The van der Waals surface area contributed by atoms with Gasteiger partial charge in [0.2, 0.25) is 0 Å². The normalized spacial score (nSPS) is 15.5. The van der Waals surface area contributed by atoms with Gasteiger partial charge in [0.15, 0.2) is 0 Å². The highest BCUT2D eigenvalue weighted by molar-refractivity contribution is 6.05. The summed E-state index contributed by atoms with van der Waals surface area (Å²) < 4.78 is 27.7. The van der Waals surface area contributed by atoms with E-state index >= 15 is 0 Å². The molecule has 2 aromatic heterocycles. The number of hydrogen-bond acceptors (Lipinski definition) is 6. The predicted molar refractivity (Wildman–Crippen MR) is 158 cm³/mol. The number of hydrogen-bond donors (Lipinski definition) is 3. The SMILES string of the molecule is Cn1cc(-c2cccc(NC(=O)c3ccc(C4CC4)cc3)c2CO)cc(Nc2ccc(C(=O)N3CC(F)(F)C3)cn2)c1=O. The average molecular weight is 586 g/mol. The third-order valence-corrected chi connectivity index (χ3v) is 7.70. The fourth-order valence-corrected chi connectivity index (χ4v) is 5.18. The molecule has 1 saturated carbocycles. The van der Waals surface area contributed by atoms with Crippen molar-refractivity contribution in [2.45, 2.75) is 31.3 Å². The van der Waals surface area contributed by atoms with E-state index in [1.54, 1.807) is 49.6 Å². The van der Waals surface area contributed by atoms with Gasteiger partial charge >= 0.3 is 0 Å². The fraction of sp³-hybridized carbons (Fsp3) is 0.250. The smallest absolute Gasteiger partial charge is 0.282 e. The molecule has 4 aromatic rings. The Labute approximate surface area is 245 Å². The molecule has 0 atom stereocenters. The minimum absolute atomic E-state index is 0.160. The first-order valence-electron chi connectivity index (χ1n) is 13.9. The first kappa shape index (κ1) is 28.2. The number of likely N-dealkylation sites (tertiary alicyclic amines) is 1. The first-order valence-corrected chi connectivity index (χ1v) is 13.9. The van der Waals surface area contributed by atoms with Crippen LogP contribution in [-0.2, 0) is 13.7 Å². The summed E-state index contributed by atoms with van der Waals surface area (Å²) in [6.07, 6.45) is 5.25. The van der Waals surface area contributed by atoms with Gasteiger partial charge in [-0.05, 0) is 66.3 Å². The number of pyridine rings is 2. The molecule has 11 heteroatoms. The van der Waals surface area contributed by atoms with Crippen LogP contribution in [-0.4, -0.2) is 50.4 Å². The van der Waals surface area contributed by atoms with Gasteiger partial charge in [-0.1, -0.05) is 24.3 Å². The molecule has 2 fully saturated rings. The van der Waals surface area contributed by atoms with E-state index in [9.17, 15) is 28.3 Å². The molecule has 1 aliphatic heterocycles. The molecule has 1 saturated heterocycles. The molecule has 0 bridgehead atoms. The van der Waals surface area contributed by atoms with Crippen LogP contribution >= 0.6 is 0 Å². The lowest BCUT2D eigenvalue weighted by Gasteiger charge is -2.38. The molecule has 2 aliphatic rings. The van der Waals surface area contributed by atoms with Crippen molar-refractivity contribution in [3.05, 3.63) is 106 Å². The number of halogens is 2. The maximum absolute atomic E-state index is 13.1. The number of aliphatic hydroxyl groups excluding tert-OH is 1. The summed E-state index contributed by atoms with van der Waals surface area (Å²) in [4.78, 5) is 43.6. The van der Waals surface area contributed by atoms with Crippen molar-refractivity contribution in [2.24, 2.45) is 7.05 Å². The van der Waals surface area contributed by atoms with Crippen LogP contribution in [0.2, 0.25) is 0 Å². The first-order chi connectivity index (χ1) is 20.6. The van der Waals surface area contributed by atoms with Crippen molar-refractivity contribution in [1.82, 2.24) is 14.5 Å². The van der Waals surface area contributed by atoms with E-state index in [1.807, 2.05) is 12.1 Å². The maximum atomic E-state index is 13.1. The van der Waals surface area contributed by atoms with Crippen molar-refractivity contribution in [3.8, 4) is 11.1 Å². The minimum Gasteiger partial charge on any atom is -0.392 e. The molecule has 3 N–H and O–H groups in total. The molecule has 220 valence electrons. The van der Waals surface area contributed by atoms with Gasteiger partial charge in [0, 0.05) is 41.8 Å². The van der Waals surface area contributed by atoms with Crippen LogP contribution in [0.1, 0.15) is 50.6 Å². The fourth-order valence-electron chi connectivity index (χ4n) is 5.18. The summed E-state index contributed by atoms with van der Waals surface area (Å²) in [5, 5.41) is 16.2. The number of amides is 2. The van der Waals surface area contributed by atoms with Crippen LogP contribution < -0.4 is 16.2 Å². The Morgan fingerprint density at radius 1 is 1.02 bits per heavy atom. The van der Waals surface area contributed by atoms with E-state index < -0.39 is 24.9 Å². The van der Waals surface area contributed by atoms with Crippen molar-refractivity contribution < 1.29 is 23.5 Å². The molecule has 43 heavy (non-hydrogen) atoms. The highest BCUT2D eigenvalue weighted by Crippen LogP contribution is 2.40. The van der Waals surface area contributed by atoms with Gasteiger partial charge in [-0.15, -0.1) is 0 Å². The molecule has 0 spiro atoms. The van der Waals surface area contributed by atoms with E-state index in [0.29, 0.717) is 33.9 Å². The summed E-state index contributed by atoms with van der Waals surface area (Å²) in [6, 6.07) is 17.4. The van der Waals surface area contributed by atoms with Crippen LogP contribution in [0.3, 0.4) is 0 Å². The number of aromatic nitrogens is 2. The molecule has 6 rings (SSSR count). The highest BCUT2D eigenvalue weighted by Gasteiger charge is 2.46. The second-order valence-electron chi connectivity index (χ2n) is 11.0. The van der Waals surface area contributed by atoms with Gasteiger partial charge in [0.1, 0.15) is 11.5 Å². The largest absolute Gasteiger partial charge is 0.392 e. The van der Waals surface area contributed by atoms with E-state index in [0.717, 1.165) is 4.90 Å². The molecule has 0 radical (unpaired) electrons. The maximum Gasteiger partial charge on any atom is 0.282 e. The number of nitrogens with one attached hydrogen (secondary N) is 2. The second kappa shape index (κ2) is 11.1. The summed E-state index contributed by atoms with van der Waals surface area (Å²) in [5.41, 5.74) is 3.87. The Balaban J connectivity index is 1.22. The van der Waals surface area contributed by atoms with Gasteiger partial charge < -0.3 is 25.2 Å². The van der Waals surface area contributed by atoms with Crippen molar-refractivity contribution in [2.75, 3.05) is 23.7 Å². The summed E-state index contributed by atoms with van der Waals surface area (Å²) >= 11 is 0. The number of carbonyl (C=O) groups excluding carboxylic acids is 2. The zero-order valence-electron chi connectivity index (χ0n) is 23.3. The molecule has 9 nitrogen and oxygen atoms in total. The summed E-state index contributed by atoms with van der Waals surface area (Å²) in [5.74, 6) is -2.84. The quantitative estimate of drug-likeness (QED) is 0.271. The van der Waals surface area contributed by atoms with Crippen LogP contribution in [0.15, 0.2) is 77.9 Å². The second-order valence-corrected chi connectivity index (χ2v) is 11.0. The monoisotopic (exact) mass is 585 g/mol. The number of nitrogens with zero attached hydrogens (tertiary/aromatic N) is 3. The molecule has 1 aliphatic carbocycles. The van der Waals surface area contributed by atoms with Crippen molar-refractivity contribution in [3.63, 3.8) is 0 Å². The molecular weight excluding hydrogens is 556 g/mol. The van der Waals surface area contributed by atoms with Crippen molar-refractivity contribution >= 4 is 29.0 Å². The molecule has 2 aromatic carbocycles. The lowest BCUT2D eigenvalue weighted by molar-refractivity contribution is -0.113. The standard InChI is InChI=1S/C32H29F2N5O4/c1-38-15-23(13-27(31(38)43)36-28-12-11-22(14-35-28)30(42)39-17-32(33,34)18-39)24-3-2-4-26(25(24)16-40)37-29(41)21-9-7-20(8-10-21)19-5-6-19/h2-4,7-15,19,40H,5-6,16-18H2,1H3,(H,35,36)(H,37,41). The third-order valence-electron chi connectivity index (χ3n) is 7.70. The van der Waals surface area contributed by atoms with Crippen LogP contribution in [0.25, 0.3) is 11.1 Å². The average Bonchev–Trinajstić information content (AvgIpc) is 3.84. The Kier molecular flexibility index (Phi) is 7.26. The van der Waals surface area contributed by atoms with Gasteiger partial charge in [-0.2, -0.15) is 0 Å².